The van der Waals surface area contributed by atoms with Crippen molar-refractivity contribution in [2.45, 2.75) is 13.0 Å². The predicted octanol–water partition coefficient (Wildman–Crippen LogP) is 1.52. The first-order valence-corrected chi connectivity index (χ1v) is 8.71. The highest BCUT2D eigenvalue weighted by Crippen LogP contribution is 2.40. The fraction of sp³-hybridized carbons (Fsp3) is 0.500. The smallest absolute Gasteiger partial charge is 0.162 e. The number of hydrogen-bond donors (Lipinski definition) is 1. The Hall–Kier alpha value is -1.70. The second-order valence-electron chi connectivity index (χ2n) is 6.16. The monoisotopic (exact) mass is 332 g/mol. The van der Waals surface area contributed by atoms with Crippen LogP contribution in [0.5, 0.6) is 0 Å². The Labute approximate surface area is 138 Å². The highest BCUT2D eigenvalue weighted by atomic mass is 32.1. The largest absolute Gasteiger partial charge is 0.397 e. The van der Waals surface area contributed by atoms with Gasteiger partial charge in [-0.05, 0) is 19.0 Å². The lowest BCUT2D eigenvalue weighted by molar-refractivity contribution is 0.112. The van der Waals surface area contributed by atoms with E-state index >= 15 is 0 Å². The van der Waals surface area contributed by atoms with Gasteiger partial charge >= 0.3 is 0 Å². The molecule has 0 atom stereocenters. The van der Waals surface area contributed by atoms with Crippen molar-refractivity contribution in [2.24, 2.45) is 0 Å². The van der Waals surface area contributed by atoms with Gasteiger partial charge in [-0.3, -0.25) is 4.79 Å². The number of nitrogen functional groups attached to an aromatic ring is 1. The Kier molecular flexibility index (Phi) is 3.71. The molecule has 4 rings (SSSR count). The van der Waals surface area contributed by atoms with E-state index in [4.69, 9.17) is 15.5 Å². The van der Waals surface area contributed by atoms with E-state index in [1.54, 1.807) is 0 Å². The van der Waals surface area contributed by atoms with E-state index in [1.165, 1.54) is 22.5 Å². The quantitative estimate of drug-likeness (QED) is 0.841. The van der Waals surface area contributed by atoms with Crippen molar-refractivity contribution in [3.05, 3.63) is 16.0 Å². The van der Waals surface area contributed by atoms with E-state index in [0.29, 0.717) is 10.6 Å². The molecule has 0 radical (unpaired) electrons. The summed E-state index contributed by atoms with van der Waals surface area (Å²) in [6.07, 6.45) is 1.79. The minimum Gasteiger partial charge on any atom is -0.397 e. The van der Waals surface area contributed by atoms with E-state index in [-0.39, 0.29) is 0 Å². The van der Waals surface area contributed by atoms with Gasteiger partial charge < -0.3 is 20.3 Å². The summed E-state index contributed by atoms with van der Waals surface area (Å²) in [6.45, 7) is 5.05. The van der Waals surface area contributed by atoms with Crippen LogP contribution in [0.3, 0.4) is 0 Å². The zero-order chi connectivity index (χ0) is 16.0. The molecule has 1 fully saturated rings. The van der Waals surface area contributed by atoms with Crippen molar-refractivity contribution in [1.29, 1.82) is 0 Å². The number of nitrogens with zero attached hydrogens (tertiary/aromatic N) is 3. The molecule has 0 aliphatic carbocycles. The van der Waals surface area contributed by atoms with Crippen LogP contribution in [0.4, 0.5) is 11.5 Å². The third-order valence-electron chi connectivity index (χ3n) is 4.69. The van der Waals surface area contributed by atoms with Gasteiger partial charge in [-0.2, -0.15) is 0 Å². The summed E-state index contributed by atoms with van der Waals surface area (Å²) in [5, 5.41) is 0.997. The van der Waals surface area contributed by atoms with Crippen LogP contribution < -0.4 is 10.6 Å². The first-order chi connectivity index (χ1) is 11.2. The minimum atomic E-state index is 0.591. The third kappa shape index (κ3) is 2.39. The highest BCUT2D eigenvalue weighted by Gasteiger charge is 2.27. The van der Waals surface area contributed by atoms with Gasteiger partial charge in [0.2, 0.25) is 0 Å². The molecule has 0 bridgehead atoms. The van der Waals surface area contributed by atoms with Crippen molar-refractivity contribution in [1.82, 2.24) is 9.88 Å². The number of anilines is 2. The average Bonchev–Trinajstić information content (AvgIpc) is 2.91. The Balaban J connectivity index is 1.94. The Morgan fingerprint density at radius 3 is 2.78 bits per heavy atom. The number of aromatic nitrogens is 1. The maximum Gasteiger partial charge on any atom is 0.162 e. The Morgan fingerprint density at radius 2 is 2.04 bits per heavy atom. The predicted molar refractivity (Wildman–Crippen MR) is 92.5 cm³/mol. The zero-order valence-electron chi connectivity index (χ0n) is 13.2. The summed E-state index contributed by atoms with van der Waals surface area (Å²) in [5.74, 6) is 1.04. The van der Waals surface area contributed by atoms with E-state index in [9.17, 15) is 4.79 Å². The van der Waals surface area contributed by atoms with Crippen LogP contribution in [0, 0.1) is 0 Å². The van der Waals surface area contributed by atoms with Crippen LogP contribution >= 0.6 is 11.3 Å². The van der Waals surface area contributed by atoms with Crippen LogP contribution in [0.2, 0.25) is 0 Å². The van der Waals surface area contributed by atoms with Gasteiger partial charge in [-0.1, -0.05) is 0 Å². The number of pyridine rings is 1. The molecular weight excluding hydrogens is 312 g/mol. The standard InChI is InChI=1S/C16H20N4O2S/c1-19-3-2-10-11(8-19)15(20-4-6-22-7-5-20)18-16-13(10)14(17)12(9-21)23-16/h9H,2-8,17H2,1H3. The molecule has 2 aliphatic rings. The normalized spacial score (nSPS) is 19.1. The number of thiophene rings is 1. The van der Waals surface area contributed by atoms with Crippen molar-refractivity contribution in [2.75, 3.05) is 50.5 Å². The number of fused-ring (bicyclic) bond motifs is 3. The molecule has 0 spiro atoms. The molecule has 2 aromatic rings. The molecule has 6 nitrogen and oxygen atoms in total. The van der Waals surface area contributed by atoms with E-state index < -0.39 is 0 Å². The number of ether oxygens (including phenoxy) is 1. The molecule has 2 aliphatic heterocycles. The summed E-state index contributed by atoms with van der Waals surface area (Å²) >= 11 is 1.40. The van der Waals surface area contributed by atoms with Gasteiger partial charge in [0.05, 0.1) is 23.8 Å². The van der Waals surface area contributed by atoms with Crippen molar-refractivity contribution in [3.63, 3.8) is 0 Å². The fourth-order valence-electron chi connectivity index (χ4n) is 3.49. The van der Waals surface area contributed by atoms with Crippen molar-refractivity contribution >= 4 is 39.3 Å². The van der Waals surface area contributed by atoms with Gasteiger partial charge in [0, 0.05) is 37.1 Å². The van der Waals surface area contributed by atoms with E-state index in [2.05, 4.69) is 16.8 Å². The number of morpholine rings is 1. The Morgan fingerprint density at radius 1 is 1.26 bits per heavy atom. The molecule has 0 unspecified atom stereocenters. The molecule has 7 heteroatoms. The number of likely N-dealkylation sites (N-methyl/N-ethyl adjacent to an activating group) is 1. The number of nitrogens with two attached hydrogens (primary N) is 1. The summed E-state index contributed by atoms with van der Waals surface area (Å²) in [7, 11) is 2.13. The molecule has 2 N–H and O–H groups in total. The number of aldehydes is 1. The number of carbonyl (C=O) groups is 1. The first-order valence-electron chi connectivity index (χ1n) is 7.89. The van der Waals surface area contributed by atoms with Crippen molar-refractivity contribution < 1.29 is 9.53 Å². The number of carbonyl (C=O) groups excluding carboxylic acids is 1. The average molecular weight is 332 g/mol. The fourth-order valence-corrected chi connectivity index (χ4v) is 4.42. The lowest BCUT2D eigenvalue weighted by Gasteiger charge is -2.33. The van der Waals surface area contributed by atoms with E-state index in [1.807, 2.05) is 0 Å². The molecular formula is C16H20N4O2S. The zero-order valence-corrected chi connectivity index (χ0v) is 14.0. The van der Waals surface area contributed by atoms with Gasteiger partial charge in [-0.25, -0.2) is 4.98 Å². The molecule has 1 saturated heterocycles. The van der Waals surface area contributed by atoms with Crippen LogP contribution in [0.15, 0.2) is 0 Å². The maximum atomic E-state index is 11.3. The minimum absolute atomic E-state index is 0.591. The molecule has 122 valence electrons. The molecule has 0 amide bonds. The molecule has 23 heavy (non-hydrogen) atoms. The molecule has 0 aromatic carbocycles. The van der Waals surface area contributed by atoms with Crippen molar-refractivity contribution in [3.8, 4) is 0 Å². The molecule has 0 saturated carbocycles. The lowest BCUT2D eigenvalue weighted by Crippen LogP contribution is -2.39. The molecule has 2 aromatic heterocycles. The number of hydrogen-bond acceptors (Lipinski definition) is 7. The van der Waals surface area contributed by atoms with E-state index in [0.717, 1.165) is 68.1 Å². The first kappa shape index (κ1) is 14.9. The summed E-state index contributed by atoms with van der Waals surface area (Å²) < 4.78 is 5.47. The third-order valence-corrected chi connectivity index (χ3v) is 5.71. The summed E-state index contributed by atoms with van der Waals surface area (Å²) in [5.41, 5.74) is 9.36. The number of rotatable bonds is 2. The van der Waals surface area contributed by atoms with Gasteiger partial charge in [0.25, 0.3) is 0 Å². The SMILES string of the molecule is CN1CCc2c(c(N3CCOCC3)nc3sc(C=O)c(N)c23)C1. The highest BCUT2D eigenvalue weighted by molar-refractivity contribution is 7.20. The maximum absolute atomic E-state index is 11.3. The van der Waals surface area contributed by atoms with Crippen LogP contribution in [-0.4, -0.2) is 56.1 Å². The summed E-state index contributed by atoms with van der Waals surface area (Å²) in [4.78, 5) is 22.3. The molecule has 4 heterocycles. The second-order valence-corrected chi connectivity index (χ2v) is 7.19. The lowest BCUT2D eigenvalue weighted by atomic mass is 9.97. The van der Waals surface area contributed by atoms with Crippen LogP contribution in [-0.2, 0) is 17.7 Å². The van der Waals surface area contributed by atoms with Gasteiger partial charge in [-0.15, -0.1) is 11.3 Å². The second kappa shape index (κ2) is 5.74. The summed E-state index contributed by atoms with van der Waals surface area (Å²) in [6, 6.07) is 0. The Bertz CT molecular complexity index is 767. The van der Waals surface area contributed by atoms with Crippen LogP contribution in [0.25, 0.3) is 10.2 Å². The van der Waals surface area contributed by atoms with Crippen LogP contribution in [0.1, 0.15) is 20.8 Å². The van der Waals surface area contributed by atoms with Gasteiger partial charge in [0.15, 0.2) is 6.29 Å². The topological polar surface area (TPSA) is 71.7 Å². The van der Waals surface area contributed by atoms with Gasteiger partial charge in [0.1, 0.15) is 10.6 Å².